The van der Waals surface area contributed by atoms with Gasteiger partial charge >= 0.3 is 11.1 Å². The molecule has 1 aliphatic rings. The first-order valence-corrected chi connectivity index (χ1v) is 8.63. The molecule has 3 rings (SSSR count). The van der Waals surface area contributed by atoms with Crippen LogP contribution in [0.3, 0.4) is 0 Å². The van der Waals surface area contributed by atoms with Gasteiger partial charge in [0, 0.05) is 24.7 Å². The Labute approximate surface area is 145 Å². The molecule has 0 aromatic carbocycles. The fourth-order valence-corrected chi connectivity index (χ4v) is 3.51. The van der Waals surface area contributed by atoms with Crippen LogP contribution in [-0.2, 0) is 0 Å². The van der Waals surface area contributed by atoms with Crippen molar-refractivity contribution in [2.24, 2.45) is 0 Å². The smallest absolute Gasteiger partial charge is 0.315 e. The number of nitrogens with zero attached hydrogens (tertiary/aromatic N) is 3. The van der Waals surface area contributed by atoms with Gasteiger partial charge in [-0.3, -0.25) is 19.1 Å². The molecule has 1 aliphatic heterocycles. The van der Waals surface area contributed by atoms with Crippen LogP contribution in [0, 0.1) is 6.92 Å². The van der Waals surface area contributed by atoms with Gasteiger partial charge in [-0.05, 0) is 46.6 Å². The molecule has 0 spiro atoms. The molecule has 130 valence electrons. The summed E-state index contributed by atoms with van der Waals surface area (Å²) < 4.78 is 1.57. The Kier molecular flexibility index (Phi) is 4.30. The van der Waals surface area contributed by atoms with Gasteiger partial charge in [0.1, 0.15) is 0 Å². The molecule has 1 fully saturated rings. The van der Waals surface area contributed by atoms with Crippen LogP contribution < -0.4 is 11.1 Å². The predicted molar refractivity (Wildman–Crippen MR) is 96.0 cm³/mol. The molecular formula is C17H23ClN4O2. The first-order chi connectivity index (χ1) is 11.2. The summed E-state index contributed by atoms with van der Waals surface area (Å²) in [5.41, 5.74) is 0.614. The summed E-state index contributed by atoms with van der Waals surface area (Å²) in [6.45, 7) is 10.1. The topological polar surface area (TPSA) is 71.0 Å². The van der Waals surface area contributed by atoms with E-state index in [0.717, 1.165) is 25.9 Å². The van der Waals surface area contributed by atoms with Crippen molar-refractivity contribution in [3.8, 4) is 0 Å². The average molecular weight is 351 g/mol. The predicted octanol–water partition coefficient (Wildman–Crippen LogP) is 2.48. The third-order valence-corrected chi connectivity index (χ3v) is 5.18. The standard InChI is InChI=1S/C17H23ClN4O2/c1-10-12(18)9-13-14(19-10)22(16(24)15(23)20-13)11-5-7-21(8-6-11)17(2,3)4/h9,11H,5-8H2,1-4H3,(H,20,23). The first kappa shape index (κ1) is 17.2. The van der Waals surface area contributed by atoms with Crippen LogP contribution >= 0.6 is 11.6 Å². The van der Waals surface area contributed by atoms with E-state index in [4.69, 9.17) is 11.6 Å². The minimum atomic E-state index is -0.623. The molecular weight excluding hydrogens is 328 g/mol. The zero-order valence-corrected chi connectivity index (χ0v) is 15.3. The lowest BCUT2D eigenvalue weighted by Gasteiger charge is -2.41. The number of pyridine rings is 1. The Morgan fingerprint density at radius 3 is 2.46 bits per heavy atom. The number of aromatic nitrogens is 3. The second-order valence-electron chi connectivity index (χ2n) is 7.45. The van der Waals surface area contributed by atoms with Crippen molar-refractivity contribution in [3.05, 3.63) is 37.5 Å². The third kappa shape index (κ3) is 3.00. The van der Waals surface area contributed by atoms with Crippen molar-refractivity contribution in [1.29, 1.82) is 0 Å². The van der Waals surface area contributed by atoms with Crippen molar-refractivity contribution in [2.45, 2.75) is 52.1 Å². The second-order valence-corrected chi connectivity index (χ2v) is 7.85. The maximum atomic E-state index is 12.5. The molecule has 0 bridgehead atoms. The fraction of sp³-hybridized carbons (Fsp3) is 0.588. The quantitative estimate of drug-likeness (QED) is 0.802. The molecule has 0 amide bonds. The zero-order chi connectivity index (χ0) is 17.6. The SMILES string of the molecule is Cc1nc2c(cc1Cl)[nH]c(=O)c(=O)n2C1CCN(C(C)(C)C)CC1. The van der Waals surface area contributed by atoms with Gasteiger partial charge in [0.2, 0.25) is 0 Å². The largest absolute Gasteiger partial charge is 0.318 e. The molecule has 2 aromatic heterocycles. The van der Waals surface area contributed by atoms with Crippen LogP contribution in [0.15, 0.2) is 15.7 Å². The van der Waals surface area contributed by atoms with E-state index in [2.05, 4.69) is 35.6 Å². The summed E-state index contributed by atoms with van der Waals surface area (Å²) in [6, 6.07) is 1.65. The molecule has 0 atom stereocenters. The average Bonchev–Trinajstić information content (AvgIpc) is 2.50. The third-order valence-electron chi connectivity index (χ3n) is 4.80. The van der Waals surface area contributed by atoms with Crippen molar-refractivity contribution in [2.75, 3.05) is 13.1 Å². The Hall–Kier alpha value is -1.66. The van der Waals surface area contributed by atoms with Crippen molar-refractivity contribution < 1.29 is 0 Å². The van der Waals surface area contributed by atoms with Crippen LogP contribution in [0.25, 0.3) is 11.2 Å². The van der Waals surface area contributed by atoms with E-state index in [9.17, 15) is 9.59 Å². The Bertz CT molecular complexity index is 886. The fourth-order valence-electron chi connectivity index (χ4n) is 3.36. The van der Waals surface area contributed by atoms with Crippen molar-refractivity contribution >= 4 is 22.8 Å². The molecule has 2 aromatic rings. The number of nitrogens with one attached hydrogen (secondary N) is 1. The summed E-state index contributed by atoms with van der Waals surface area (Å²) in [6.07, 6.45) is 1.64. The van der Waals surface area contributed by atoms with Gasteiger partial charge in [-0.1, -0.05) is 11.6 Å². The highest BCUT2D eigenvalue weighted by molar-refractivity contribution is 6.31. The minimum absolute atomic E-state index is 0.0195. The molecule has 1 N–H and O–H groups in total. The summed E-state index contributed by atoms with van der Waals surface area (Å²) in [7, 11) is 0. The maximum Gasteiger partial charge on any atom is 0.318 e. The maximum absolute atomic E-state index is 12.5. The van der Waals surface area contributed by atoms with E-state index in [-0.39, 0.29) is 11.6 Å². The Balaban J connectivity index is 2.07. The minimum Gasteiger partial charge on any atom is -0.315 e. The number of H-pyrrole nitrogens is 1. The highest BCUT2D eigenvalue weighted by Gasteiger charge is 2.29. The first-order valence-electron chi connectivity index (χ1n) is 8.25. The highest BCUT2D eigenvalue weighted by atomic mass is 35.5. The molecule has 0 saturated carbocycles. The summed E-state index contributed by atoms with van der Waals surface area (Å²) in [4.78, 5) is 34.0. The lowest BCUT2D eigenvalue weighted by molar-refractivity contribution is 0.0898. The number of rotatable bonds is 1. The van der Waals surface area contributed by atoms with Crippen LogP contribution in [0.2, 0.25) is 5.02 Å². The number of piperidine rings is 1. The normalized spacial score (nSPS) is 17.5. The molecule has 0 radical (unpaired) electrons. The summed E-state index contributed by atoms with van der Waals surface area (Å²) in [5.74, 6) is 0. The van der Waals surface area contributed by atoms with Gasteiger partial charge in [0.05, 0.1) is 16.2 Å². The van der Waals surface area contributed by atoms with E-state index in [0.29, 0.717) is 21.9 Å². The molecule has 1 saturated heterocycles. The van der Waals surface area contributed by atoms with Gasteiger partial charge in [0.15, 0.2) is 5.65 Å². The number of halogens is 1. The molecule has 6 nitrogen and oxygen atoms in total. The van der Waals surface area contributed by atoms with Crippen molar-refractivity contribution in [1.82, 2.24) is 19.4 Å². The second kappa shape index (κ2) is 6.01. The molecule has 7 heteroatoms. The molecule has 0 unspecified atom stereocenters. The number of likely N-dealkylation sites (tertiary alicyclic amines) is 1. The molecule has 24 heavy (non-hydrogen) atoms. The van der Waals surface area contributed by atoms with Crippen LogP contribution in [0.5, 0.6) is 0 Å². The van der Waals surface area contributed by atoms with Crippen LogP contribution in [0.1, 0.15) is 45.3 Å². The lowest BCUT2D eigenvalue weighted by atomic mass is 9.98. The van der Waals surface area contributed by atoms with Gasteiger partial charge in [-0.15, -0.1) is 0 Å². The van der Waals surface area contributed by atoms with Gasteiger partial charge < -0.3 is 4.98 Å². The zero-order valence-electron chi connectivity index (χ0n) is 14.5. The molecule has 0 aliphatic carbocycles. The number of hydrogen-bond acceptors (Lipinski definition) is 4. The highest BCUT2D eigenvalue weighted by Crippen LogP contribution is 2.28. The number of fused-ring (bicyclic) bond motifs is 1. The van der Waals surface area contributed by atoms with E-state index in [1.807, 2.05) is 0 Å². The van der Waals surface area contributed by atoms with Crippen molar-refractivity contribution in [3.63, 3.8) is 0 Å². The summed E-state index contributed by atoms with van der Waals surface area (Å²) >= 11 is 6.11. The number of hydrogen-bond donors (Lipinski definition) is 1. The van der Waals surface area contributed by atoms with E-state index in [1.165, 1.54) is 0 Å². The molecule has 3 heterocycles. The lowest BCUT2D eigenvalue weighted by Crippen LogP contribution is -2.48. The van der Waals surface area contributed by atoms with E-state index >= 15 is 0 Å². The monoisotopic (exact) mass is 350 g/mol. The number of aromatic amines is 1. The summed E-state index contributed by atoms with van der Waals surface area (Å²) in [5, 5.41) is 0.478. The van der Waals surface area contributed by atoms with E-state index < -0.39 is 11.1 Å². The van der Waals surface area contributed by atoms with Gasteiger partial charge in [-0.25, -0.2) is 4.98 Å². The van der Waals surface area contributed by atoms with Gasteiger partial charge in [0.25, 0.3) is 0 Å². The Morgan fingerprint density at radius 1 is 1.25 bits per heavy atom. The number of aryl methyl sites for hydroxylation is 1. The van der Waals surface area contributed by atoms with E-state index in [1.54, 1.807) is 17.6 Å². The Morgan fingerprint density at radius 2 is 1.88 bits per heavy atom. The van der Waals surface area contributed by atoms with Crippen LogP contribution in [0.4, 0.5) is 0 Å². The van der Waals surface area contributed by atoms with Crippen LogP contribution in [-0.4, -0.2) is 38.1 Å². The van der Waals surface area contributed by atoms with Gasteiger partial charge in [-0.2, -0.15) is 0 Å².